The predicted octanol–water partition coefficient (Wildman–Crippen LogP) is 13.8. The van der Waals surface area contributed by atoms with Gasteiger partial charge in [-0.15, -0.1) is 11.3 Å². The molecule has 54 heavy (non-hydrogen) atoms. The molecule has 0 aliphatic heterocycles. The van der Waals surface area contributed by atoms with Crippen LogP contribution in [-0.4, -0.2) is 14.5 Å². The van der Waals surface area contributed by atoms with Gasteiger partial charge >= 0.3 is 0 Å². The molecule has 11 rings (SSSR count). The van der Waals surface area contributed by atoms with Crippen LogP contribution in [0.3, 0.4) is 0 Å². The molecule has 252 valence electrons. The first-order chi connectivity index (χ1) is 26.7. The number of benzene rings is 8. The second kappa shape index (κ2) is 12.4. The van der Waals surface area contributed by atoms with Gasteiger partial charge < -0.3 is 4.57 Å². The van der Waals surface area contributed by atoms with Crippen molar-refractivity contribution in [3.05, 3.63) is 188 Å². The summed E-state index contributed by atoms with van der Waals surface area (Å²) < 4.78 is 5.05. The van der Waals surface area contributed by atoms with E-state index in [-0.39, 0.29) is 0 Å². The van der Waals surface area contributed by atoms with Gasteiger partial charge in [0, 0.05) is 53.1 Å². The summed E-state index contributed by atoms with van der Waals surface area (Å²) in [5.74, 6) is 0.726. The summed E-state index contributed by atoms with van der Waals surface area (Å²) in [6.45, 7) is 0. The molecule has 0 unspecified atom stereocenters. The van der Waals surface area contributed by atoms with E-state index in [0.717, 1.165) is 50.4 Å². The van der Waals surface area contributed by atoms with Gasteiger partial charge in [0.05, 0.1) is 22.2 Å². The summed E-state index contributed by atoms with van der Waals surface area (Å²) in [6.07, 6.45) is 0. The minimum Gasteiger partial charge on any atom is -0.309 e. The lowest BCUT2D eigenvalue weighted by atomic mass is 10.0. The van der Waals surface area contributed by atoms with E-state index >= 15 is 0 Å². The number of hydrogen-bond acceptors (Lipinski definition) is 3. The maximum absolute atomic E-state index is 5.06. The number of para-hydroxylation sites is 2. The van der Waals surface area contributed by atoms with Crippen LogP contribution in [0, 0.1) is 0 Å². The van der Waals surface area contributed by atoms with Crippen LogP contribution >= 0.6 is 11.3 Å². The van der Waals surface area contributed by atoms with E-state index in [0.29, 0.717) is 0 Å². The van der Waals surface area contributed by atoms with Crippen molar-refractivity contribution >= 4 is 64.2 Å². The molecule has 0 radical (unpaired) electrons. The van der Waals surface area contributed by atoms with E-state index in [4.69, 9.17) is 9.97 Å². The Hall–Kier alpha value is -6.88. The summed E-state index contributed by atoms with van der Waals surface area (Å²) in [5, 5.41) is 6.21. The third-order valence-corrected chi connectivity index (χ3v) is 11.8. The van der Waals surface area contributed by atoms with Gasteiger partial charge in [-0.1, -0.05) is 133 Å². The normalized spacial score (nSPS) is 11.7. The summed E-state index contributed by atoms with van der Waals surface area (Å²) in [4.78, 5) is 10.0. The molecule has 3 nitrogen and oxygen atoms in total. The van der Waals surface area contributed by atoms with Crippen molar-refractivity contribution in [1.82, 2.24) is 14.5 Å². The first-order valence-corrected chi connectivity index (χ1v) is 19.1. The van der Waals surface area contributed by atoms with Gasteiger partial charge in [-0.25, -0.2) is 9.97 Å². The molecule has 11 aromatic rings. The van der Waals surface area contributed by atoms with Gasteiger partial charge in [0.25, 0.3) is 0 Å². The monoisotopic (exact) mass is 705 g/mol. The van der Waals surface area contributed by atoms with Crippen molar-refractivity contribution in [3.63, 3.8) is 0 Å². The Morgan fingerprint density at radius 1 is 0.352 bits per heavy atom. The highest BCUT2D eigenvalue weighted by Gasteiger charge is 2.15. The zero-order valence-electron chi connectivity index (χ0n) is 29.1. The molecule has 3 aromatic heterocycles. The molecule has 0 bridgehead atoms. The lowest BCUT2D eigenvalue weighted by molar-refractivity contribution is 1.18. The molecule has 0 saturated carbocycles. The Kier molecular flexibility index (Phi) is 7.04. The summed E-state index contributed by atoms with van der Waals surface area (Å²) in [7, 11) is 0. The molecule has 8 aromatic carbocycles. The van der Waals surface area contributed by atoms with Gasteiger partial charge in [0.1, 0.15) is 0 Å². The van der Waals surface area contributed by atoms with Crippen LogP contribution in [0.1, 0.15) is 0 Å². The van der Waals surface area contributed by atoms with Crippen LogP contribution in [0.5, 0.6) is 0 Å². The first kappa shape index (κ1) is 30.7. The molecule has 0 saturated heterocycles. The van der Waals surface area contributed by atoms with Gasteiger partial charge in [-0.2, -0.15) is 0 Å². The maximum Gasteiger partial charge on any atom is 0.160 e. The molecule has 0 atom stereocenters. The molecule has 3 heterocycles. The Balaban J connectivity index is 0.937. The lowest BCUT2D eigenvalue weighted by Crippen LogP contribution is -1.95. The van der Waals surface area contributed by atoms with Gasteiger partial charge in [-0.3, -0.25) is 0 Å². The first-order valence-electron chi connectivity index (χ1n) is 18.2. The fourth-order valence-electron chi connectivity index (χ4n) is 7.97. The fourth-order valence-corrected chi connectivity index (χ4v) is 9.06. The van der Waals surface area contributed by atoms with Gasteiger partial charge in [0.15, 0.2) is 5.82 Å². The SMILES string of the molecule is c1ccc(-c2nc(-c3ccc(-c4ccc(-n5c6ccccc6c6cc(-c7ccc8sc9ccccc9c8c7)ccc65)cc4)cc3)nc3ccccc23)cc1. The molecular formula is C50H31N3S. The molecule has 0 spiro atoms. The van der Waals surface area contributed by atoms with Crippen molar-refractivity contribution in [2.24, 2.45) is 0 Å². The molecular weight excluding hydrogens is 675 g/mol. The topological polar surface area (TPSA) is 30.7 Å². The van der Waals surface area contributed by atoms with E-state index in [1.54, 1.807) is 0 Å². The Labute approximate surface area is 316 Å². The van der Waals surface area contributed by atoms with E-state index in [9.17, 15) is 0 Å². The fraction of sp³-hybridized carbons (Fsp3) is 0. The van der Waals surface area contributed by atoms with E-state index in [2.05, 4.69) is 174 Å². The Morgan fingerprint density at radius 3 is 1.74 bits per heavy atom. The third-order valence-electron chi connectivity index (χ3n) is 10.6. The minimum atomic E-state index is 0.726. The second-order valence-electron chi connectivity index (χ2n) is 13.8. The Morgan fingerprint density at radius 2 is 0.926 bits per heavy atom. The highest BCUT2D eigenvalue weighted by molar-refractivity contribution is 7.25. The number of hydrogen-bond donors (Lipinski definition) is 0. The van der Waals surface area contributed by atoms with Crippen LogP contribution in [0.15, 0.2) is 188 Å². The van der Waals surface area contributed by atoms with Gasteiger partial charge in [0.2, 0.25) is 0 Å². The molecule has 0 aliphatic carbocycles. The smallest absolute Gasteiger partial charge is 0.160 e. The Bertz CT molecular complexity index is 3190. The van der Waals surface area contributed by atoms with Crippen LogP contribution in [-0.2, 0) is 0 Å². The van der Waals surface area contributed by atoms with Crippen LogP contribution < -0.4 is 0 Å². The molecule has 0 fully saturated rings. The van der Waals surface area contributed by atoms with E-state index in [1.165, 1.54) is 53.1 Å². The zero-order chi connectivity index (χ0) is 35.6. The van der Waals surface area contributed by atoms with Crippen molar-refractivity contribution in [2.45, 2.75) is 0 Å². The molecule has 0 N–H and O–H groups in total. The number of thiophene rings is 1. The standard InChI is InChI=1S/C50H31N3S/c1-2-10-34(11-3-1)49-41-14-4-7-15-44(41)51-50(52-49)35-20-18-32(19-21-35)33-22-26-38(27-23-33)53-45-16-8-5-12-39(45)42-30-36(24-28-46(42)53)37-25-29-48-43(31-37)40-13-6-9-17-47(40)54-48/h1-31H. The van der Waals surface area contributed by atoms with Crippen molar-refractivity contribution in [3.8, 4) is 50.6 Å². The molecule has 0 aliphatic rings. The predicted molar refractivity (Wildman–Crippen MR) is 229 cm³/mol. The van der Waals surface area contributed by atoms with Crippen molar-refractivity contribution in [2.75, 3.05) is 0 Å². The number of aromatic nitrogens is 3. The highest BCUT2D eigenvalue weighted by atomic mass is 32.1. The zero-order valence-corrected chi connectivity index (χ0v) is 30.0. The molecule has 0 amide bonds. The summed E-state index contributed by atoms with van der Waals surface area (Å²) >= 11 is 1.86. The van der Waals surface area contributed by atoms with Crippen molar-refractivity contribution < 1.29 is 0 Å². The average molecular weight is 706 g/mol. The molecule has 4 heteroatoms. The minimum absolute atomic E-state index is 0.726. The quantitative estimate of drug-likeness (QED) is 0.178. The van der Waals surface area contributed by atoms with E-state index in [1.807, 2.05) is 29.5 Å². The van der Waals surface area contributed by atoms with Crippen LogP contribution in [0.25, 0.3) is 103 Å². The summed E-state index contributed by atoms with van der Waals surface area (Å²) in [6, 6.07) is 67.4. The van der Waals surface area contributed by atoms with Gasteiger partial charge in [-0.05, 0) is 76.9 Å². The second-order valence-corrected chi connectivity index (χ2v) is 14.9. The van der Waals surface area contributed by atoms with Crippen LogP contribution in [0.4, 0.5) is 0 Å². The largest absolute Gasteiger partial charge is 0.309 e. The van der Waals surface area contributed by atoms with Crippen molar-refractivity contribution in [1.29, 1.82) is 0 Å². The summed E-state index contributed by atoms with van der Waals surface area (Å²) in [5.41, 5.74) is 12.3. The highest BCUT2D eigenvalue weighted by Crippen LogP contribution is 2.39. The van der Waals surface area contributed by atoms with E-state index < -0.39 is 0 Å². The number of nitrogens with zero attached hydrogens (tertiary/aromatic N) is 3. The lowest BCUT2D eigenvalue weighted by Gasteiger charge is -2.11. The number of rotatable bonds is 5. The third kappa shape index (κ3) is 5.03. The maximum atomic E-state index is 5.06. The number of fused-ring (bicyclic) bond motifs is 7. The average Bonchev–Trinajstić information content (AvgIpc) is 3.79. The van der Waals surface area contributed by atoms with Crippen LogP contribution in [0.2, 0.25) is 0 Å².